The van der Waals surface area contributed by atoms with Crippen LogP contribution in [0.5, 0.6) is 0 Å². The van der Waals surface area contributed by atoms with Crippen LogP contribution in [0.2, 0.25) is 5.02 Å². The normalized spacial score (nSPS) is 26.1. The first-order valence-corrected chi connectivity index (χ1v) is 6.97. The molecule has 0 amide bonds. The second kappa shape index (κ2) is 4.58. The lowest BCUT2D eigenvalue weighted by Crippen LogP contribution is -2.34. The summed E-state index contributed by atoms with van der Waals surface area (Å²) in [5, 5.41) is 4.36. The summed E-state index contributed by atoms with van der Waals surface area (Å²) in [5.74, 6) is 0. The number of nitrogens with one attached hydrogen (secondary N) is 1. The van der Waals surface area contributed by atoms with Gasteiger partial charge in [-0.2, -0.15) is 0 Å². The molecule has 1 spiro atoms. The average molecular weight is 251 g/mol. The zero-order valence-corrected chi connectivity index (χ0v) is 10.8. The molecule has 0 aromatic carbocycles. The molecule has 2 aliphatic rings. The lowest BCUT2D eigenvalue weighted by atomic mass is 9.83. The summed E-state index contributed by atoms with van der Waals surface area (Å²) >= 11 is 5.82. The minimum atomic E-state index is 0.698. The van der Waals surface area contributed by atoms with Crippen molar-refractivity contribution >= 4 is 11.6 Å². The lowest BCUT2D eigenvalue weighted by molar-refractivity contribution is 0.265. The molecule has 2 nitrogen and oxygen atoms in total. The standard InChI is InChI=1S/C14H19ClN2/c15-11-3-4-13(16-9-11)10-17-12-2-1-5-14(8-12)6-7-14/h3-4,9,12,17H,1-2,5-8,10H2. The number of aromatic nitrogens is 1. The minimum Gasteiger partial charge on any atom is -0.308 e. The molecule has 2 fully saturated rings. The fourth-order valence-corrected chi connectivity index (χ4v) is 3.13. The van der Waals surface area contributed by atoms with Gasteiger partial charge in [-0.25, -0.2) is 0 Å². The summed E-state index contributed by atoms with van der Waals surface area (Å²) in [6.07, 6.45) is 10.2. The van der Waals surface area contributed by atoms with E-state index in [1.807, 2.05) is 12.1 Å². The van der Waals surface area contributed by atoms with Crippen molar-refractivity contribution in [3.8, 4) is 0 Å². The van der Waals surface area contributed by atoms with Gasteiger partial charge in [-0.15, -0.1) is 0 Å². The zero-order chi connectivity index (χ0) is 11.7. The Bertz CT molecular complexity index is 384. The SMILES string of the molecule is Clc1ccc(CNC2CCCC3(CC3)C2)nc1. The van der Waals surface area contributed by atoms with E-state index in [1.165, 1.54) is 38.5 Å². The van der Waals surface area contributed by atoms with Crippen molar-refractivity contribution in [3.63, 3.8) is 0 Å². The summed E-state index contributed by atoms with van der Waals surface area (Å²) in [6, 6.07) is 4.61. The molecular formula is C14H19ClN2. The number of hydrogen-bond donors (Lipinski definition) is 1. The van der Waals surface area contributed by atoms with Crippen molar-refractivity contribution in [3.05, 3.63) is 29.0 Å². The van der Waals surface area contributed by atoms with Crippen LogP contribution >= 0.6 is 11.6 Å². The third-order valence-corrected chi connectivity index (χ3v) is 4.48. The highest BCUT2D eigenvalue weighted by Gasteiger charge is 2.45. The quantitative estimate of drug-likeness (QED) is 0.888. The summed E-state index contributed by atoms with van der Waals surface area (Å²) in [6.45, 7) is 0.873. The van der Waals surface area contributed by atoms with Crippen LogP contribution in [0.1, 0.15) is 44.2 Å². The van der Waals surface area contributed by atoms with Crippen molar-refractivity contribution in [2.75, 3.05) is 0 Å². The molecule has 1 aromatic heterocycles. The Morgan fingerprint density at radius 2 is 2.24 bits per heavy atom. The van der Waals surface area contributed by atoms with Crippen molar-refractivity contribution in [2.45, 2.75) is 51.1 Å². The minimum absolute atomic E-state index is 0.698. The van der Waals surface area contributed by atoms with Gasteiger partial charge in [-0.3, -0.25) is 4.98 Å². The van der Waals surface area contributed by atoms with Crippen molar-refractivity contribution in [1.29, 1.82) is 0 Å². The van der Waals surface area contributed by atoms with Gasteiger partial charge in [0.2, 0.25) is 0 Å². The Balaban J connectivity index is 1.52. The van der Waals surface area contributed by atoms with Gasteiger partial charge in [0.15, 0.2) is 0 Å². The zero-order valence-electron chi connectivity index (χ0n) is 10.1. The number of hydrogen-bond acceptors (Lipinski definition) is 2. The van der Waals surface area contributed by atoms with Gasteiger partial charge in [-0.05, 0) is 49.7 Å². The van der Waals surface area contributed by atoms with Gasteiger partial charge in [0, 0.05) is 18.8 Å². The maximum Gasteiger partial charge on any atom is 0.0589 e. The fourth-order valence-electron chi connectivity index (χ4n) is 3.02. The van der Waals surface area contributed by atoms with E-state index in [0.29, 0.717) is 11.1 Å². The number of nitrogens with zero attached hydrogens (tertiary/aromatic N) is 1. The number of rotatable bonds is 3. The molecule has 2 saturated carbocycles. The van der Waals surface area contributed by atoms with Crippen LogP contribution in [0, 0.1) is 5.41 Å². The molecule has 1 aromatic rings. The molecule has 1 atom stereocenters. The summed E-state index contributed by atoms with van der Waals surface area (Å²) in [5.41, 5.74) is 1.83. The second-order valence-electron chi connectivity index (χ2n) is 5.64. The summed E-state index contributed by atoms with van der Waals surface area (Å²) in [4.78, 5) is 4.32. The predicted molar refractivity (Wildman–Crippen MR) is 70.0 cm³/mol. The number of pyridine rings is 1. The van der Waals surface area contributed by atoms with E-state index in [-0.39, 0.29) is 0 Å². The van der Waals surface area contributed by atoms with Gasteiger partial charge in [0.25, 0.3) is 0 Å². The van der Waals surface area contributed by atoms with Crippen LogP contribution in [-0.2, 0) is 6.54 Å². The van der Waals surface area contributed by atoms with Crippen molar-refractivity contribution in [2.24, 2.45) is 5.41 Å². The molecule has 0 radical (unpaired) electrons. The van der Waals surface area contributed by atoms with E-state index in [2.05, 4.69) is 10.3 Å². The van der Waals surface area contributed by atoms with E-state index >= 15 is 0 Å². The van der Waals surface area contributed by atoms with E-state index in [9.17, 15) is 0 Å². The third-order valence-electron chi connectivity index (χ3n) is 4.26. The average Bonchev–Trinajstić information content (AvgIpc) is 3.08. The van der Waals surface area contributed by atoms with Crippen LogP contribution < -0.4 is 5.32 Å². The Labute approximate surface area is 108 Å². The second-order valence-corrected chi connectivity index (χ2v) is 6.08. The predicted octanol–water partition coefficient (Wildman–Crippen LogP) is 3.55. The van der Waals surface area contributed by atoms with Crippen molar-refractivity contribution in [1.82, 2.24) is 10.3 Å². The molecule has 2 aliphatic carbocycles. The molecule has 3 heteroatoms. The molecule has 92 valence electrons. The van der Waals surface area contributed by atoms with Crippen LogP contribution in [0.15, 0.2) is 18.3 Å². The Morgan fingerprint density at radius 3 is 2.94 bits per heavy atom. The van der Waals surface area contributed by atoms with E-state index in [4.69, 9.17) is 11.6 Å². The summed E-state index contributed by atoms with van der Waals surface area (Å²) in [7, 11) is 0. The lowest BCUT2D eigenvalue weighted by Gasteiger charge is -2.29. The maximum absolute atomic E-state index is 5.82. The molecule has 1 unspecified atom stereocenters. The van der Waals surface area contributed by atoms with E-state index in [0.717, 1.165) is 17.7 Å². The Kier molecular flexibility index (Phi) is 3.10. The van der Waals surface area contributed by atoms with Gasteiger partial charge in [0.1, 0.15) is 0 Å². The largest absolute Gasteiger partial charge is 0.308 e. The molecule has 0 saturated heterocycles. The molecule has 3 rings (SSSR count). The molecule has 0 bridgehead atoms. The fraction of sp³-hybridized carbons (Fsp3) is 0.643. The van der Waals surface area contributed by atoms with E-state index in [1.54, 1.807) is 6.20 Å². The smallest absolute Gasteiger partial charge is 0.0589 e. The third kappa shape index (κ3) is 2.80. The molecule has 1 heterocycles. The Hall–Kier alpha value is -0.600. The first kappa shape index (κ1) is 11.5. The summed E-state index contributed by atoms with van der Waals surface area (Å²) < 4.78 is 0. The first-order chi connectivity index (χ1) is 8.26. The number of halogens is 1. The van der Waals surface area contributed by atoms with Crippen LogP contribution in [0.25, 0.3) is 0 Å². The molecular weight excluding hydrogens is 232 g/mol. The van der Waals surface area contributed by atoms with E-state index < -0.39 is 0 Å². The highest BCUT2D eigenvalue weighted by atomic mass is 35.5. The highest BCUT2D eigenvalue weighted by Crippen LogP contribution is 2.56. The van der Waals surface area contributed by atoms with Crippen LogP contribution in [0.3, 0.4) is 0 Å². The topological polar surface area (TPSA) is 24.9 Å². The van der Waals surface area contributed by atoms with Crippen molar-refractivity contribution < 1.29 is 0 Å². The first-order valence-electron chi connectivity index (χ1n) is 6.60. The van der Waals surface area contributed by atoms with Gasteiger partial charge in [-0.1, -0.05) is 18.0 Å². The van der Waals surface area contributed by atoms with Gasteiger partial charge >= 0.3 is 0 Å². The van der Waals surface area contributed by atoms with Gasteiger partial charge < -0.3 is 5.32 Å². The van der Waals surface area contributed by atoms with Crippen LogP contribution in [0.4, 0.5) is 0 Å². The monoisotopic (exact) mass is 250 g/mol. The maximum atomic E-state index is 5.82. The molecule has 0 aliphatic heterocycles. The molecule has 1 N–H and O–H groups in total. The Morgan fingerprint density at radius 1 is 1.35 bits per heavy atom. The van der Waals surface area contributed by atoms with Gasteiger partial charge in [0.05, 0.1) is 10.7 Å². The van der Waals surface area contributed by atoms with Crippen LogP contribution in [-0.4, -0.2) is 11.0 Å². The molecule has 17 heavy (non-hydrogen) atoms. The highest BCUT2D eigenvalue weighted by molar-refractivity contribution is 6.30.